The third-order valence-corrected chi connectivity index (χ3v) is 7.97. The zero-order valence-corrected chi connectivity index (χ0v) is 20.2. The number of aromatic hydroxyl groups is 1. The Kier molecular flexibility index (Phi) is 5.21. The second-order valence-corrected chi connectivity index (χ2v) is 10.5. The molecule has 4 heterocycles. The molecule has 3 aromatic carbocycles. The molecule has 0 spiro atoms. The Morgan fingerprint density at radius 3 is 2.30 bits per heavy atom. The molecule has 3 aliphatic heterocycles. The molecule has 37 heavy (non-hydrogen) atoms. The number of aromatic nitrogens is 2. The van der Waals surface area contributed by atoms with Crippen LogP contribution in [0.5, 0.6) is 5.75 Å². The maximum absolute atomic E-state index is 16.4. The largest absolute Gasteiger partial charge is 0.508 e. The van der Waals surface area contributed by atoms with E-state index in [4.69, 9.17) is 4.98 Å². The van der Waals surface area contributed by atoms with Gasteiger partial charge in [-0.25, -0.2) is 9.37 Å². The van der Waals surface area contributed by atoms with Crippen molar-refractivity contribution in [3.63, 3.8) is 0 Å². The van der Waals surface area contributed by atoms with Gasteiger partial charge >= 0.3 is 0 Å². The van der Waals surface area contributed by atoms with Gasteiger partial charge in [0.05, 0.1) is 12.2 Å². The number of phenols is 1. The summed E-state index contributed by atoms with van der Waals surface area (Å²) < 4.78 is 16.4. The van der Waals surface area contributed by atoms with Crippen LogP contribution in [0.15, 0.2) is 48.5 Å². The Labute approximate surface area is 213 Å². The van der Waals surface area contributed by atoms with Gasteiger partial charge in [0.1, 0.15) is 17.1 Å². The van der Waals surface area contributed by atoms with Crippen LogP contribution in [0.4, 0.5) is 16.2 Å². The normalized spacial score (nSPS) is 25.5. The highest BCUT2D eigenvalue weighted by atomic mass is 19.1. The molecule has 8 nitrogen and oxygen atoms in total. The van der Waals surface area contributed by atoms with Crippen LogP contribution in [-0.4, -0.2) is 75.8 Å². The van der Waals surface area contributed by atoms with E-state index in [1.165, 1.54) is 0 Å². The molecule has 4 N–H and O–H groups in total. The number of hydrogen-bond acceptors (Lipinski definition) is 8. The molecular formula is C28H28FN5O3. The Morgan fingerprint density at radius 1 is 0.811 bits per heavy atom. The van der Waals surface area contributed by atoms with Crippen molar-refractivity contribution in [2.24, 2.45) is 0 Å². The molecule has 190 valence electrons. The minimum absolute atomic E-state index is 0.0635. The van der Waals surface area contributed by atoms with E-state index in [-0.39, 0.29) is 24.4 Å². The first kappa shape index (κ1) is 22.7. The van der Waals surface area contributed by atoms with Crippen molar-refractivity contribution < 1.29 is 19.7 Å². The number of phenolic OH excluding ortho intramolecular Hbond substituents is 1. The van der Waals surface area contributed by atoms with Crippen LogP contribution in [0.2, 0.25) is 0 Å². The molecule has 0 saturated carbocycles. The summed E-state index contributed by atoms with van der Waals surface area (Å²) in [5.74, 6) is 0.534. The molecule has 0 radical (unpaired) electrons. The maximum Gasteiger partial charge on any atom is 0.228 e. The molecule has 1 aromatic heterocycles. The van der Waals surface area contributed by atoms with Crippen molar-refractivity contribution in [3.8, 4) is 16.9 Å². The third-order valence-electron chi connectivity index (χ3n) is 7.97. The van der Waals surface area contributed by atoms with Crippen LogP contribution in [0.1, 0.15) is 12.8 Å². The molecule has 0 aliphatic carbocycles. The van der Waals surface area contributed by atoms with Gasteiger partial charge in [-0.15, -0.1) is 0 Å². The maximum atomic E-state index is 16.4. The van der Waals surface area contributed by atoms with E-state index in [1.807, 2.05) is 30.3 Å². The molecule has 2 bridgehead atoms. The topological polar surface area (TPSA) is 105 Å². The Bertz CT molecular complexity index is 1510. The number of aliphatic hydroxyl groups is 2. The second-order valence-electron chi connectivity index (χ2n) is 10.5. The molecule has 7 rings (SSSR count). The first-order chi connectivity index (χ1) is 17.9. The van der Waals surface area contributed by atoms with Gasteiger partial charge in [-0.2, -0.15) is 4.98 Å². The van der Waals surface area contributed by atoms with Crippen LogP contribution in [-0.2, 0) is 0 Å². The van der Waals surface area contributed by atoms with Crippen molar-refractivity contribution in [1.29, 1.82) is 0 Å². The van der Waals surface area contributed by atoms with Gasteiger partial charge in [0.15, 0.2) is 5.82 Å². The molecule has 3 fully saturated rings. The summed E-state index contributed by atoms with van der Waals surface area (Å²) in [6, 6.07) is 15.2. The van der Waals surface area contributed by atoms with Gasteiger partial charge in [-0.1, -0.05) is 30.3 Å². The fourth-order valence-electron chi connectivity index (χ4n) is 6.15. The number of halogens is 1. The number of rotatable bonds is 3. The standard InChI is InChI=1S/C28H28FN5O3/c29-25-20(22-10-18(35)9-15-3-1-2-4-19(15)22)7-8-21-26(25)31-28(34-13-23(36)24(37)14-34)32-27(21)33-11-16-5-6-17(12-33)30-16/h1-4,7-10,16-17,23-24,30,35-37H,5-6,11-14H2/t16-,17+,23-,24+. The Morgan fingerprint density at radius 2 is 1.54 bits per heavy atom. The van der Waals surface area contributed by atoms with Crippen LogP contribution in [0.25, 0.3) is 32.8 Å². The number of piperazine rings is 1. The first-order valence-corrected chi connectivity index (χ1v) is 12.8. The number of nitrogens with one attached hydrogen (secondary N) is 1. The van der Waals surface area contributed by atoms with Gasteiger partial charge < -0.3 is 30.4 Å². The van der Waals surface area contributed by atoms with Gasteiger partial charge in [0.2, 0.25) is 5.95 Å². The molecule has 4 aromatic rings. The lowest BCUT2D eigenvalue weighted by atomic mass is 9.96. The molecule has 3 saturated heterocycles. The fraction of sp³-hybridized carbons (Fsp3) is 0.357. The highest BCUT2D eigenvalue weighted by Crippen LogP contribution is 2.39. The average molecular weight is 502 g/mol. The van der Waals surface area contributed by atoms with E-state index in [0.717, 1.165) is 36.7 Å². The summed E-state index contributed by atoms with van der Waals surface area (Å²) in [6.45, 7) is 1.90. The third kappa shape index (κ3) is 3.77. The van der Waals surface area contributed by atoms with Crippen molar-refractivity contribution in [3.05, 3.63) is 54.3 Å². The summed E-state index contributed by atoms with van der Waals surface area (Å²) in [5, 5.41) is 36.6. The van der Waals surface area contributed by atoms with E-state index in [0.29, 0.717) is 40.4 Å². The summed E-state index contributed by atoms with van der Waals surface area (Å²) in [6.07, 6.45) is 0.384. The van der Waals surface area contributed by atoms with E-state index in [9.17, 15) is 15.3 Å². The Hall–Kier alpha value is -3.53. The fourth-order valence-corrected chi connectivity index (χ4v) is 6.15. The number of benzene rings is 3. The van der Waals surface area contributed by atoms with Gasteiger partial charge in [-0.05, 0) is 47.4 Å². The molecular weight excluding hydrogens is 473 g/mol. The smallest absolute Gasteiger partial charge is 0.228 e. The van der Waals surface area contributed by atoms with E-state index in [2.05, 4.69) is 15.2 Å². The summed E-state index contributed by atoms with van der Waals surface area (Å²) >= 11 is 0. The predicted octanol–water partition coefficient (Wildman–Crippen LogP) is 2.78. The van der Waals surface area contributed by atoms with Crippen LogP contribution < -0.4 is 15.1 Å². The van der Waals surface area contributed by atoms with Gasteiger partial charge in [0.25, 0.3) is 0 Å². The highest BCUT2D eigenvalue weighted by molar-refractivity contribution is 6.01. The lowest BCUT2D eigenvalue weighted by Crippen LogP contribution is -2.51. The second kappa shape index (κ2) is 8.51. The minimum Gasteiger partial charge on any atom is -0.508 e. The number of anilines is 2. The number of fused-ring (bicyclic) bond motifs is 4. The molecule has 4 atom stereocenters. The number of β-amino-alcohol motifs (C(OH)–C–C–N with tert-alkyl or cyclic N) is 2. The minimum atomic E-state index is -0.910. The van der Waals surface area contributed by atoms with Gasteiger partial charge in [0, 0.05) is 49.2 Å². The van der Waals surface area contributed by atoms with Crippen molar-refractivity contribution in [2.45, 2.75) is 37.1 Å². The lowest BCUT2D eigenvalue weighted by Gasteiger charge is -2.34. The van der Waals surface area contributed by atoms with Crippen molar-refractivity contribution >= 4 is 33.4 Å². The number of aliphatic hydroxyl groups excluding tert-OH is 2. The number of nitrogens with zero attached hydrogens (tertiary/aromatic N) is 4. The quantitative estimate of drug-likeness (QED) is 0.340. The number of hydrogen-bond donors (Lipinski definition) is 4. The zero-order chi connectivity index (χ0) is 25.3. The first-order valence-electron chi connectivity index (χ1n) is 12.8. The summed E-state index contributed by atoms with van der Waals surface area (Å²) in [7, 11) is 0. The average Bonchev–Trinajstić information content (AvgIpc) is 3.42. The van der Waals surface area contributed by atoms with E-state index >= 15 is 4.39 Å². The summed E-state index contributed by atoms with van der Waals surface area (Å²) in [4.78, 5) is 13.4. The van der Waals surface area contributed by atoms with Crippen LogP contribution in [0.3, 0.4) is 0 Å². The Balaban J connectivity index is 1.43. The van der Waals surface area contributed by atoms with Crippen LogP contribution >= 0.6 is 0 Å². The zero-order valence-electron chi connectivity index (χ0n) is 20.2. The summed E-state index contributed by atoms with van der Waals surface area (Å²) in [5.41, 5.74) is 1.12. The molecule has 3 aliphatic rings. The van der Waals surface area contributed by atoms with Crippen LogP contribution in [0, 0.1) is 5.82 Å². The van der Waals surface area contributed by atoms with Crippen molar-refractivity contribution in [1.82, 2.24) is 15.3 Å². The molecule has 0 amide bonds. The lowest BCUT2D eigenvalue weighted by molar-refractivity contribution is 0.0572. The predicted molar refractivity (Wildman–Crippen MR) is 140 cm³/mol. The van der Waals surface area contributed by atoms with Crippen molar-refractivity contribution in [2.75, 3.05) is 36.0 Å². The molecule has 9 heteroatoms. The van der Waals surface area contributed by atoms with E-state index < -0.39 is 18.0 Å². The van der Waals surface area contributed by atoms with E-state index in [1.54, 1.807) is 23.1 Å². The molecule has 0 unspecified atom stereocenters. The highest BCUT2D eigenvalue weighted by Gasteiger charge is 2.36. The SMILES string of the molecule is Oc1cc(-c2ccc3c(N4C[C@H]5CC[C@@H](C4)N5)nc(N4C[C@@H](O)[C@@H](O)C4)nc3c2F)c2ccccc2c1. The monoisotopic (exact) mass is 501 g/mol. The van der Waals surface area contributed by atoms with Gasteiger partial charge in [-0.3, -0.25) is 0 Å².